The van der Waals surface area contributed by atoms with Crippen molar-refractivity contribution in [3.8, 4) is 0 Å². The van der Waals surface area contributed by atoms with Crippen LogP contribution in [0.15, 0.2) is 12.3 Å². The molecule has 0 aromatic carbocycles. The average Bonchev–Trinajstić information content (AvgIpc) is 2.20. The summed E-state index contributed by atoms with van der Waals surface area (Å²) in [5.41, 5.74) is 0.703. The molecule has 2 atom stereocenters. The Morgan fingerprint density at radius 1 is 1.69 bits per heavy atom. The molecule has 0 spiro atoms. The van der Waals surface area contributed by atoms with E-state index >= 15 is 0 Å². The van der Waals surface area contributed by atoms with Crippen LogP contribution in [0.1, 0.15) is 26.7 Å². The van der Waals surface area contributed by atoms with Crippen LogP contribution in [0.5, 0.6) is 0 Å². The van der Waals surface area contributed by atoms with Gasteiger partial charge in [-0.1, -0.05) is 19.9 Å². The van der Waals surface area contributed by atoms with Gasteiger partial charge in [0.2, 0.25) is 5.91 Å². The summed E-state index contributed by atoms with van der Waals surface area (Å²) in [6.07, 6.45) is 3.04. The van der Waals surface area contributed by atoms with Gasteiger partial charge in [0.15, 0.2) is 0 Å². The van der Waals surface area contributed by atoms with E-state index in [0.717, 1.165) is 0 Å². The number of amides is 2. The molecule has 4 nitrogen and oxygen atoms in total. The quantitative estimate of drug-likeness (QED) is 0.803. The Labute approximate surface area is 121 Å². The second-order valence-electron chi connectivity index (χ2n) is 3.74. The first kappa shape index (κ1) is 15.8. The number of piperidine rings is 1. The second-order valence-corrected chi connectivity index (χ2v) is 3.74. The van der Waals surface area contributed by atoms with Crippen molar-refractivity contribution in [2.45, 2.75) is 32.7 Å². The first-order valence-electron chi connectivity index (χ1n) is 5.07. The molecule has 1 aliphatic heterocycles. The number of carbonyl (C=O) groups is 2. The fourth-order valence-corrected chi connectivity index (χ4v) is 1.30. The largest absolute Gasteiger partial charge is 0.645 e. The molecule has 1 rings (SSSR count). The van der Waals surface area contributed by atoms with E-state index in [1.165, 1.54) is 0 Å². The molecule has 0 aliphatic carbocycles. The van der Waals surface area contributed by atoms with Crippen LogP contribution in [-0.2, 0) is 42.3 Å². The van der Waals surface area contributed by atoms with Crippen LogP contribution < -0.4 is 5.32 Å². The Hall–Kier alpha value is -0.216. The smallest absolute Gasteiger partial charge is 0.209 e. The first-order chi connectivity index (χ1) is 7.04. The number of hydrogen-bond donors (Lipinski definition) is 1. The van der Waals surface area contributed by atoms with E-state index in [2.05, 4.69) is 17.2 Å². The number of allylic oxidation sites excluding steroid dienone is 1. The zero-order valence-corrected chi connectivity index (χ0v) is 12.5. The summed E-state index contributed by atoms with van der Waals surface area (Å²) in [6, 6.07) is -0.537. The van der Waals surface area contributed by atoms with Crippen LogP contribution in [0, 0.1) is 12.3 Å². The minimum atomic E-state index is -0.537. The molecule has 0 bridgehead atoms. The van der Waals surface area contributed by atoms with Gasteiger partial charge in [-0.3, -0.25) is 4.79 Å². The SMILES string of the molecule is C=C1CCC([N-]C(=O)[C@@H](C)[CH-]C)C(=O)N1.[Y]. The van der Waals surface area contributed by atoms with Crippen molar-refractivity contribution in [3.63, 3.8) is 0 Å². The summed E-state index contributed by atoms with van der Waals surface area (Å²) in [4.78, 5) is 22.9. The zero-order valence-electron chi connectivity index (χ0n) is 9.69. The Balaban J connectivity index is 0.00000225. The first-order valence-corrected chi connectivity index (χ1v) is 5.07. The van der Waals surface area contributed by atoms with E-state index < -0.39 is 6.04 Å². The van der Waals surface area contributed by atoms with Crippen molar-refractivity contribution in [3.05, 3.63) is 24.0 Å². The van der Waals surface area contributed by atoms with Crippen molar-refractivity contribution < 1.29 is 42.3 Å². The maximum Gasteiger partial charge on any atom is 0.209 e. The predicted molar refractivity (Wildman–Crippen MR) is 57.8 cm³/mol. The molecule has 87 valence electrons. The van der Waals surface area contributed by atoms with Gasteiger partial charge in [0.05, 0.1) is 0 Å². The van der Waals surface area contributed by atoms with Crippen molar-refractivity contribution in [2.24, 2.45) is 5.92 Å². The third kappa shape index (κ3) is 4.34. The molecule has 1 heterocycles. The third-order valence-corrected chi connectivity index (χ3v) is 2.49. The van der Waals surface area contributed by atoms with E-state index in [1.54, 1.807) is 20.3 Å². The molecule has 1 N–H and O–H groups in total. The third-order valence-electron chi connectivity index (χ3n) is 2.49. The summed E-state index contributed by atoms with van der Waals surface area (Å²) in [5.74, 6) is -0.670. The van der Waals surface area contributed by atoms with E-state index in [9.17, 15) is 9.59 Å². The molecular formula is C11H16N2O2Y-2. The molecule has 0 aromatic heterocycles. The Bertz CT molecular complexity index is 292. The maximum absolute atomic E-state index is 11.5. The normalized spacial score (nSPS) is 21.8. The average molecular weight is 297 g/mol. The van der Waals surface area contributed by atoms with Gasteiger partial charge in [0.25, 0.3) is 0 Å². The zero-order chi connectivity index (χ0) is 11.4. The Morgan fingerprint density at radius 3 is 2.81 bits per heavy atom. The summed E-state index contributed by atoms with van der Waals surface area (Å²) in [7, 11) is 0. The van der Waals surface area contributed by atoms with Crippen LogP contribution in [-0.4, -0.2) is 17.9 Å². The van der Waals surface area contributed by atoms with Crippen molar-refractivity contribution >= 4 is 11.8 Å². The predicted octanol–water partition coefficient (Wildman–Crippen LogP) is 1.54. The van der Waals surface area contributed by atoms with Gasteiger partial charge >= 0.3 is 0 Å². The molecule has 0 aromatic rings. The molecule has 5 heteroatoms. The van der Waals surface area contributed by atoms with Crippen LogP contribution in [0.4, 0.5) is 0 Å². The summed E-state index contributed by atoms with van der Waals surface area (Å²) >= 11 is 0. The van der Waals surface area contributed by atoms with Gasteiger partial charge in [-0.2, -0.15) is 6.92 Å². The summed E-state index contributed by atoms with van der Waals surface area (Å²) in [6.45, 7) is 7.24. The van der Waals surface area contributed by atoms with Crippen LogP contribution >= 0.6 is 0 Å². The minimum Gasteiger partial charge on any atom is -0.645 e. The van der Waals surface area contributed by atoms with E-state index in [1.807, 2.05) is 0 Å². The van der Waals surface area contributed by atoms with Gasteiger partial charge in [-0.25, -0.2) is 0 Å². The molecular weight excluding hydrogens is 281 g/mol. The number of rotatable bonds is 3. The van der Waals surface area contributed by atoms with Gasteiger partial charge in [-0.15, -0.1) is 5.92 Å². The second kappa shape index (κ2) is 7.18. The van der Waals surface area contributed by atoms with Gasteiger partial charge in [-0.05, 0) is 12.5 Å². The van der Waals surface area contributed by atoms with Gasteiger partial charge in [0.1, 0.15) is 0 Å². The number of nitrogens with one attached hydrogen (secondary N) is 1. The summed E-state index contributed by atoms with van der Waals surface area (Å²) in [5, 5.41) is 6.50. The number of carbonyl (C=O) groups excluding carboxylic acids is 2. The molecule has 1 aliphatic rings. The van der Waals surface area contributed by atoms with Crippen molar-refractivity contribution in [2.75, 3.05) is 0 Å². The molecule has 1 unspecified atom stereocenters. The molecule has 1 saturated heterocycles. The van der Waals surface area contributed by atoms with Crippen LogP contribution in [0.2, 0.25) is 0 Å². The van der Waals surface area contributed by atoms with Crippen molar-refractivity contribution in [1.29, 1.82) is 0 Å². The van der Waals surface area contributed by atoms with Gasteiger partial charge < -0.3 is 21.8 Å². The molecule has 1 fully saturated rings. The fraction of sp³-hybridized carbons (Fsp3) is 0.545. The number of nitrogens with zero attached hydrogens (tertiary/aromatic N) is 1. The van der Waals surface area contributed by atoms with Crippen molar-refractivity contribution in [1.82, 2.24) is 5.32 Å². The van der Waals surface area contributed by atoms with E-state index in [4.69, 9.17) is 0 Å². The Kier molecular flexibility index (Phi) is 7.08. The van der Waals surface area contributed by atoms with Crippen LogP contribution in [0.25, 0.3) is 5.32 Å². The van der Waals surface area contributed by atoms with E-state index in [-0.39, 0.29) is 50.4 Å². The topological polar surface area (TPSA) is 60.3 Å². The van der Waals surface area contributed by atoms with Gasteiger partial charge in [0, 0.05) is 44.3 Å². The minimum absolute atomic E-state index is 0. The number of hydrogen-bond acceptors (Lipinski definition) is 2. The molecule has 16 heavy (non-hydrogen) atoms. The molecule has 2 amide bonds. The Morgan fingerprint density at radius 2 is 2.31 bits per heavy atom. The fourth-order valence-electron chi connectivity index (χ4n) is 1.30. The summed E-state index contributed by atoms with van der Waals surface area (Å²) < 4.78 is 0. The van der Waals surface area contributed by atoms with E-state index in [0.29, 0.717) is 18.5 Å². The van der Waals surface area contributed by atoms with Crippen LogP contribution in [0.3, 0.4) is 0 Å². The molecule has 0 saturated carbocycles. The monoisotopic (exact) mass is 297 g/mol. The molecule has 1 radical (unpaired) electrons. The standard InChI is InChI=1S/C11H17N2O2.Y/c1-4-7(2)10(14)13-9-6-5-8(3)12-11(9)15;/h4,7,9H,3,5-6H2,1-2H3,(H2,12,13,14,15);/q-1;/p-1/t7-,9?;/m0./s1. The maximum atomic E-state index is 11.5.